The predicted molar refractivity (Wildman–Crippen MR) is 50.2 cm³/mol. The van der Waals surface area contributed by atoms with E-state index in [-0.39, 0.29) is 5.91 Å². The minimum atomic E-state index is 0.157. The summed E-state index contributed by atoms with van der Waals surface area (Å²) >= 11 is 0. The minimum Gasteiger partial charge on any atom is -0.340 e. The van der Waals surface area contributed by atoms with Gasteiger partial charge in [-0.2, -0.15) is 0 Å². The molecule has 13 heavy (non-hydrogen) atoms. The number of rotatable bonds is 2. The maximum Gasteiger partial charge on any atom is 0.227 e. The van der Waals surface area contributed by atoms with Crippen LogP contribution in [0.25, 0.3) is 4.85 Å². The van der Waals surface area contributed by atoms with Gasteiger partial charge in [0.05, 0.1) is 6.54 Å². The van der Waals surface area contributed by atoms with Crippen molar-refractivity contribution in [2.75, 3.05) is 39.3 Å². The summed E-state index contributed by atoms with van der Waals surface area (Å²) in [6, 6.07) is 0. The molecule has 1 fully saturated rings. The van der Waals surface area contributed by atoms with Gasteiger partial charge in [0, 0.05) is 33.1 Å². The quantitative estimate of drug-likeness (QED) is 0.564. The number of carbonyl (C=O) groups excluding carboxylic acids is 1. The van der Waals surface area contributed by atoms with Gasteiger partial charge in [0.1, 0.15) is 0 Å². The van der Waals surface area contributed by atoms with E-state index in [2.05, 4.69) is 9.74 Å². The largest absolute Gasteiger partial charge is 0.340 e. The summed E-state index contributed by atoms with van der Waals surface area (Å²) in [6.45, 7) is 13.1. The summed E-state index contributed by atoms with van der Waals surface area (Å²) < 4.78 is 0. The Morgan fingerprint density at radius 1 is 1.38 bits per heavy atom. The molecule has 1 saturated heterocycles. The van der Waals surface area contributed by atoms with Crippen LogP contribution >= 0.6 is 0 Å². The fourth-order valence-electron chi connectivity index (χ4n) is 1.48. The summed E-state index contributed by atoms with van der Waals surface area (Å²) in [5.41, 5.74) is 0. The molecule has 0 radical (unpaired) electrons. The lowest BCUT2D eigenvalue weighted by Gasteiger charge is -2.33. The molecule has 0 atom stereocenters. The molecule has 1 heterocycles. The van der Waals surface area contributed by atoms with Crippen LogP contribution in [0, 0.1) is 6.57 Å². The maximum atomic E-state index is 11.0. The Labute approximate surface area is 78.9 Å². The molecule has 4 heteroatoms. The van der Waals surface area contributed by atoms with E-state index in [1.165, 1.54) is 0 Å². The number of hydrogen-bond donors (Lipinski definition) is 0. The second kappa shape index (κ2) is 4.83. The maximum absolute atomic E-state index is 11.0. The Bertz CT molecular complexity index is 213. The molecule has 0 spiro atoms. The van der Waals surface area contributed by atoms with Gasteiger partial charge in [-0.1, -0.05) is 0 Å². The van der Waals surface area contributed by atoms with Crippen molar-refractivity contribution in [3.8, 4) is 0 Å². The van der Waals surface area contributed by atoms with Gasteiger partial charge in [0.2, 0.25) is 12.5 Å². The third-order valence-electron chi connectivity index (χ3n) is 2.35. The number of hydrogen-bond acceptors (Lipinski definition) is 2. The van der Waals surface area contributed by atoms with Gasteiger partial charge in [-0.25, -0.2) is 6.57 Å². The van der Waals surface area contributed by atoms with Crippen molar-refractivity contribution in [2.24, 2.45) is 0 Å². The first-order chi connectivity index (χ1) is 6.24. The van der Waals surface area contributed by atoms with E-state index in [1.807, 2.05) is 4.90 Å². The van der Waals surface area contributed by atoms with Crippen molar-refractivity contribution in [1.82, 2.24) is 9.80 Å². The summed E-state index contributed by atoms with van der Waals surface area (Å²) in [5.74, 6) is 0.157. The first-order valence-corrected chi connectivity index (χ1v) is 4.55. The van der Waals surface area contributed by atoms with Gasteiger partial charge in [0.15, 0.2) is 0 Å². The lowest BCUT2D eigenvalue weighted by Crippen LogP contribution is -2.48. The van der Waals surface area contributed by atoms with E-state index in [9.17, 15) is 4.79 Å². The third kappa shape index (κ3) is 3.03. The molecule has 1 rings (SSSR count). The summed E-state index contributed by atoms with van der Waals surface area (Å²) in [7, 11) is 0. The molecule has 0 aliphatic carbocycles. The normalized spacial score (nSPS) is 18.3. The van der Waals surface area contributed by atoms with Crippen molar-refractivity contribution in [3.63, 3.8) is 0 Å². The van der Waals surface area contributed by atoms with Crippen LogP contribution in [-0.4, -0.2) is 55.0 Å². The van der Waals surface area contributed by atoms with E-state index in [0.29, 0.717) is 6.54 Å². The Morgan fingerprint density at radius 3 is 2.46 bits per heavy atom. The van der Waals surface area contributed by atoms with Crippen LogP contribution in [0.2, 0.25) is 0 Å². The van der Waals surface area contributed by atoms with Crippen LogP contribution in [0.5, 0.6) is 0 Å². The molecule has 1 aliphatic heterocycles. The first-order valence-electron chi connectivity index (χ1n) is 4.55. The fourth-order valence-corrected chi connectivity index (χ4v) is 1.48. The molecule has 1 amide bonds. The molecular formula is C9H15N3O. The molecule has 0 bridgehead atoms. The van der Waals surface area contributed by atoms with Gasteiger partial charge in [-0.15, -0.1) is 0 Å². The Morgan fingerprint density at radius 2 is 2.00 bits per heavy atom. The van der Waals surface area contributed by atoms with Crippen LogP contribution in [0.3, 0.4) is 0 Å². The van der Waals surface area contributed by atoms with Crippen molar-refractivity contribution in [3.05, 3.63) is 11.4 Å². The monoisotopic (exact) mass is 181 g/mol. The topological polar surface area (TPSA) is 27.9 Å². The molecule has 0 unspecified atom stereocenters. The molecule has 72 valence electrons. The van der Waals surface area contributed by atoms with Gasteiger partial charge in [-0.3, -0.25) is 9.69 Å². The molecule has 0 aromatic carbocycles. The number of piperazine rings is 1. The van der Waals surface area contributed by atoms with Crippen LogP contribution in [0.1, 0.15) is 6.92 Å². The molecule has 0 N–H and O–H groups in total. The zero-order valence-electron chi connectivity index (χ0n) is 7.99. The van der Waals surface area contributed by atoms with E-state index in [1.54, 1.807) is 6.92 Å². The summed E-state index contributed by atoms with van der Waals surface area (Å²) in [4.78, 5) is 18.4. The third-order valence-corrected chi connectivity index (χ3v) is 2.35. The lowest BCUT2D eigenvalue weighted by atomic mass is 10.3. The highest BCUT2D eigenvalue weighted by Crippen LogP contribution is 2.01. The minimum absolute atomic E-state index is 0.157. The second-order valence-electron chi connectivity index (χ2n) is 3.23. The van der Waals surface area contributed by atoms with Gasteiger partial charge in [0.25, 0.3) is 0 Å². The predicted octanol–water partition coefficient (Wildman–Crippen LogP) is 0.0698. The highest BCUT2D eigenvalue weighted by Gasteiger charge is 2.18. The van der Waals surface area contributed by atoms with Gasteiger partial charge < -0.3 is 9.74 Å². The molecule has 0 aromatic rings. The summed E-state index contributed by atoms with van der Waals surface area (Å²) in [6.07, 6.45) is 0. The number of nitrogens with zero attached hydrogens (tertiary/aromatic N) is 3. The first kappa shape index (κ1) is 10.0. The van der Waals surface area contributed by atoms with Crippen molar-refractivity contribution < 1.29 is 4.79 Å². The van der Waals surface area contributed by atoms with E-state index >= 15 is 0 Å². The fraction of sp³-hybridized carbons (Fsp3) is 0.778. The van der Waals surface area contributed by atoms with Crippen LogP contribution in [0.4, 0.5) is 0 Å². The molecule has 0 aromatic heterocycles. The average Bonchev–Trinajstić information content (AvgIpc) is 2.15. The van der Waals surface area contributed by atoms with Crippen molar-refractivity contribution >= 4 is 5.91 Å². The van der Waals surface area contributed by atoms with E-state index in [0.717, 1.165) is 32.7 Å². The molecule has 1 aliphatic rings. The lowest BCUT2D eigenvalue weighted by molar-refractivity contribution is -0.130. The highest BCUT2D eigenvalue weighted by molar-refractivity contribution is 5.73. The Balaban J connectivity index is 2.23. The SMILES string of the molecule is [C-]#[N+]CCN1CCN(C(C)=O)CC1. The average molecular weight is 181 g/mol. The summed E-state index contributed by atoms with van der Waals surface area (Å²) in [5, 5.41) is 0. The zero-order chi connectivity index (χ0) is 9.68. The van der Waals surface area contributed by atoms with Crippen molar-refractivity contribution in [2.45, 2.75) is 6.92 Å². The van der Waals surface area contributed by atoms with Crippen LogP contribution in [-0.2, 0) is 4.79 Å². The molecule has 0 saturated carbocycles. The van der Waals surface area contributed by atoms with E-state index < -0.39 is 0 Å². The zero-order valence-corrected chi connectivity index (χ0v) is 7.99. The van der Waals surface area contributed by atoms with Gasteiger partial charge >= 0.3 is 0 Å². The van der Waals surface area contributed by atoms with Crippen LogP contribution in [0.15, 0.2) is 0 Å². The Kier molecular flexibility index (Phi) is 3.71. The number of carbonyl (C=O) groups is 1. The highest BCUT2D eigenvalue weighted by atomic mass is 16.2. The van der Waals surface area contributed by atoms with Gasteiger partial charge in [-0.05, 0) is 0 Å². The second-order valence-corrected chi connectivity index (χ2v) is 3.23. The molecule has 4 nitrogen and oxygen atoms in total. The Hall–Kier alpha value is -1.08. The number of amides is 1. The van der Waals surface area contributed by atoms with E-state index in [4.69, 9.17) is 6.57 Å². The molecular weight excluding hydrogens is 166 g/mol. The van der Waals surface area contributed by atoms with Crippen LogP contribution < -0.4 is 0 Å². The van der Waals surface area contributed by atoms with Crippen molar-refractivity contribution in [1.29, 1.82) is 0 Å². The smallest absolute Gasteiger partial charge is 0.227 e. The standard InChI is InChI=1S/C9H15N3O/c1-9(13)12-7-5-11(6-8-12)4-3-10-2/h3-8H2,1H3.